The van der Waals surface area contributed by atoms with Crippen molar-refractivity contribution in [1.82, 2.24) is 24.9 Å². The van der Waals surface area contributed by atoms with Gasteiger partial charge in [-0.1, -0.05) is 5.16 Å². The third-order valence-corrected chi connectivity index (χ3v) is 6.15. The van der Waals surface area contributed by atoms with Crippen molar-refractivity contribution in [3.8, 4) is 0 Å². The van der Waals surface area contributed by atoms with E-state index in [1.54, 1.807) is 0 Å². The van der Waals surface area contributed by atoms with Crippen LogP contribution in [-0.2, 0) is 24.2 Å². The molecule has 1 fully saturated rings. The molecule has 0 spiro atoms. The van der Waals surface area contributed by atoms with Crippen LogP contribution in [0, 0.1) is 13.8 Å². The van der Waals surface area contributed by atoms with Gasteiger partial charge in [0.2, 0.25) is 5.91 Å². The number of hydrogen-bond donors (Lipinski definition) is 1. The van der Waals surface area contributed by atoms with Crippen molar-refractivity contribution in [2.45, 2.75) is 52.0 Å². The van der Waals surface area contributed by atoms with Crippen LogP contribution in [0.3, 0.4) is 0 Å². The zero-order valence-electron chi connectivity index (χ0n) is 17.8. The molecule has 8 heteroatoms. The Balaban J connectivity index is 1.52. The van der Waals surface area contributed by atoms with Crippen LogP contribution in [0.25, 0.3) is 0 Å². The van der Waals surface area contributed by atoms with Crippen LogP contribution in [0.1, 0.15) is 52.9 Å². The number of likely N-dealkylation sites (tertiary alicyclic amines) is 1. The van der Waals surface area contributed by atoms with Crippen LogP contribution in [0.5, 0.6) is 0 Å². The maximum Gasteiger partial charge on any atom is 0.227 e. The Bertz CT molecular complexity index is 872. The minimum atomic E-state index is 0.123. The number of hydrogen-bond acceptors (Lipinski definition) is 7. The van der Waals surface area contributed by atoms with Crippen LogP contribution in [0.15, 0.2) is 4.52 Å². The number of aromatic nitrogens is 3. The lowest BCUT2D eigenvalue weighted by atomic mass is 9.95. The predicted octanol–water partition coefficient (Wildman–Crippen LogP) is 2.06. The lowest BCUT2D eigenvalue weighted by Crippen LogP contribution is -2.40. The first-order valence-electron chi connectivity index (χ1n) is 10.4. The third kappa shape index (κ3) is 3.99. The first-order valence-corrected chi connectivity index (χ1v) is 10.4. The summed E-state index contributed by atoms with van der Waals surface area (Å²) in [5.41, 5.74) is 4.05. The summed E-state index contributed by atoms with van der Waals surface area (Å²) in [4.78, 5) is 27.0. The zero-order valence-corrected chi connectivity index (χ0v) is 17.8. The van der Waals surface area contributed by atoms with Gasteiger partial charge < -0.3 is 19.6 Å². The number of aryl methyl sites for hydroxylation is 2. The number of amides is 1. The number of anilines is 1. The lowest BCUT2D eigenvalue weighted by Gasteiger charge is -2.33. The number of fused-ring (bicyclic) bond motifs is 1. The molecule has 156 valence electrons. The molecule has 0 bridgehead atoms. The monoisotopic (exact) mass is 398 g/mol. The first kappa shape index (κ1) is 19.8. The smallest absolute Gasteiger partial charge is 0.227 e. The van der Waals surface area contributed by atoms with E-state index in [1.807, 2.05) is 25.8 Å². The molecule has 2 aromatic rings. The highest BCUT2D eigenvalue weighted by Gasteiger charge is 2.29. The molecule has 0 saturated carbocycles. The topological polar surface area (TPSA) is 87.4 Å². The molecule has 8 nitrogen and oxygen atoms in total. The molecule has 29 heavy (non-hydrogen) atoms. The van der Waals surface area contributed by atoms with Crippen molar-refractivity contribution in [3.63, 3.8) is 0 Å². The van der Waals surface area contributed by atoms with E-state index in [9.17, 15) is 4.79 Å². The second-order valence-electron chi connectivity index (χ2n) is 8.25. The second kappa shape index (κ2) is 8.10. The molecule has 2 aliphatic rings. The molecule has 1 N–H and O–H groups in total. The quantitative estimate of drug-likeness (QED) is 0.843. The van der Waals surface area contributed by atoms with Crippen LogP contribution in [0.2, 0.25) is 0 Å². The Morgan fingerprint density at radius 1 is 1.28 bits per heavy atom. The summed E-state index contributed by atoms with van der Waals surface area (Å²) in [6.45, 7) is 7.09. The van der Waals surface area contributed by atoms with Crippen molar-refractivity contribution in [3.05, 3.63) is 34.1 Å². The van der Waals surface area contributed by atoms with Crippen molar-refractivity contribution in [2.75, 3.05) is 39.0 Å². The van der Waals surface area contributed by atoms with E-state index in [-0.39, 0.29) is 11.8 Å². The Hall–Kier alpha value is -2.48. The molecule has 0 unspecified atom stereocenters. The zero-order chi connectivity index (χ0) is 20.5. The van der Waals surface area contributed by atoms with Crippen molar-refractivity contribution in [1.29, 1.82) is 0 Å². The lowest BCUT2D eigenvalue weighted by molar-refractivity contribution is -0.131. The standard InChI is InChI=1S/C21H30N6O2/c1-13-16(14(2)29-25-13)10-19(28)27-8-5-6-15(11-27)20-23-18-7-9-26(4)12-17(18)21(22-3)24-20/h15H,5-12H2,1-4H3,(H,22,23,24)/t15-/m1/s1. The van der Waals surface area contributed by atoms with Gasteiger partial charge in [0, 0.05) is 56.7 Å². The largest absolute Gasteiger partial charge is 0.373 e. The number of nitrogens with one attached hydrogen (secondary N) is 1. The molecule has 4 rings (SSSR count). The van der Waals surface area contributed by atoms with Gasteiger partial charge in [-0.2, -0.15) is 0 Å². The Kier molecular flexibility index (Phi) is 5.54. The average Bonchev–Trinajstić information content (AvgIpc) is 3.05. The molecule has 1 atom stereocenters. The number of likely N-dealkylation sites (N-methyl/N-ethyl adjacent to an activating group) is 1. The fourth-order valence-corrected chi connectivity index (χ4v) is 4.39. The van der Waals surface area contributed by atoms with Crippen LogP contribution >= 0.6 is 0 Å². The number of carbonyl (C=O) groups is 1. The summed E-state index contributed by atoms with van der Waals surface area (Å²) in [7, 11) is 4.04. The predicted molar refractivity (Wildman–Crippen MR) is 110 cm³/mol. The average molecular weight is 399 g/mol. The number of rotatable bonds is 4. The molecular weight excluding hydrogens is 368 g/mol. The molecule has 2 aliphatic heterocycles. The number of carbonyl (C=O) groups excluding carboxylic acids is 1. The highest BCUT2D eigenvalue weighted by Crippen LogP contribution is 2.30. The Labute approximate surface area is 171 Å². The summed E-state index contributed by atoms with van der Waals surface area (Å²) in [6.07, 6.45) is 3.26. The molecule has 2 aromatic heterocycles. The maximum absolute atomic E-state index is 12.9. The molecule has 1 amide bonds. The van der Waals surface area contributed by atoms with Gasteiger partial charge >= 0.3 is 0 Å². The van der Waals surface area contributed by atoms with Gasteiger partial charge in [0.25, 0.3) is 0 Å². The van der Waals surface area contributed by atoms with Gasteiger partial charge in [0.1, 0.15) is 17.4 Å². The summed E-state index contributed by atoms with van der Waals surface area (Å²) < 4.78 is 5.21. The molecule has 1 saturated heterocycles. The highest BCUT2D eigenvalue weighted by molar-refractivity contribution is 5.79. The van der Waals surface area contributed by atoms with E-state index in [1.165, 1.54) is 5.56 Å². The minimum Gasteiger partial charge on any atom is -0.373 e. The van der Waals surface area contributed by atoms with E-state index in [0.717, 1.165) is 73.3 Å². The maximum atomic E-state index is 12.9. The molecular formula is C21H30N6O2. The minimum absolute atomic E-state index is 0.123. The molecule has 0 radical (unpaired) electrons. The summed E-state index contributed by atoms with van der Waals surface area (Å²) in [5, 5.41) is 7.22. The SMILES string of the molecule is CNc1nc([C@@H]2CCCN(C(=O)Cc3c(C)noc3C)C2)nc2c1CN(C)CC2. The Morgan fingerprint density at radius 3 is 2.83 bits per heavy atom. The summed E-state index contributed by atoms with van der Waals surface area (Å²) in [5.74, 6) is 2.82. The van der Waals surface area contributed by atoms with Crippen LogP contribution < -0.4 is 5.32 Å². The number of piperidine rings is 1. The van der Waals surface area contributed by atoms with Gasteiger partial charge in [-0.3, -0.25) is 4.79 Å². The van der Waals surface area contributed by atoms with E-state index in [0.29, 0.717) is 13.0 Å². The Morgan fingerprint density at radius 2 is 2.10 bits per heavy atom. The summed E-state index contributed by atoms with van der Waals surface area (Å²) in [6, 6.07) is 0. The van der Waals surface area contributed by atoms with E-state index < -0.39 is 0 Å². The van der Waals surface area contributed by atoms with E-state index in [2.05, 4.69) is 22.4 Å². The van der Waals surface area contributed by atoms with Crippen molar-refractivity contribution in [2.24, 2.45) is 0 Å². The second-order valence-corrected chi connectivity index (χ2v) is 8.25. The van der Waals surface area contributed by atoms with E-state index >= 15 is 0 Å². The van der Waals surface area contributed by atoms with Gasteiger partial charge in [-0.25, -0.2) is 9.97 Å². The highest BCUT2D eigenvalue weighted by atomic mass is 16.5. The first-order chi connectivity index (χ1) is 14.0. The summed E-state index contributed by atoms with van der Waals surface area (Å²) >= 11 is 0. The normalized spacial score (nSPS) is 19.9. The van der Waals surface area contributed by atoms with Gasteiger partial charge in [0.15, 0.2) is 0 Å². The van der Waals surface area contributed by atoms with E-state index in [4.69, 9.17) is 14.5 Å². The van der Waals surface area contributed by atoms with Crippen LogP contribution in [-0.4, -0.2) is 64.6 Å². The molecule has 0 aromatic carbocycles. The fraction of sp³-hybridized carbons (Fsp3) is 0.619. The molecule has 0 aliphatic carbocycles. The van der Waals surface area contributed by atoms with Gasteiger partial charge in [0.05, 0.1) is 17.8 Å². The molecule has 4 heterocycles. The van der Waals surface area contributed by atoms with Crippen molar-refractivity contribution >= 4 is 11.7 Å². The van der Waals surface area contributed by atoms with Crippen LogP contribution in [0.4, 0.5) is 5.82 Å². The fourth-order valence-electron chi connectivity index (χ4n) is 4.39. The van der Waals surface area contributed by atoms with Gasteiger partial charge in [-0.05, 0) is 33.7 Å². The van der Waals surface area contributed by atoms with Crippen molar-refractivity contribution < 1.29 is 9.32 Å². The number of nitrogens with zero attached hydrogens (tertiary/aromatic N) is 5. The third-order valence-electron chi connectivity index (χ3n) is 6.15. The van der Waals surface area contributed by atoms with Gasteiger partial charge in [-0.15, -0.1) is 0 Å².